The standard InChI is InChI=1S/C12H15BrN2/c1-8(2)6-10-12(13)15-5-4-9(3)7-11(15)14-10/h4-5,7-8H,6H2,1-3H3. The summed E-state index contributed by atoms with van der Waals surface area (Å²) in [6.45, 7) is 6.51. The molecule has 0 radical (unpaired) electrons. The molecule has 15 heavy (non-hydrogen) atoms. The Labute approximate surface area is 98.5 Å². The smallest absolute Gasteiger partial charge is 0.138 e. The van der Waals surface area contributed by atoms with E-state index in [9.17, 15) is 0 Å². The third kappa shape index (κ3) is 2.07. The first-order valence-corrected chi connectivity index (χ1v) is 6.00. The summed E-state index contributed by atoms with van der Waals surface area (Å²) in [6, 6.07) is 4.20. The molecule has 0 bridgehead atoms. The fourth-order valence-electron chi connectivity index (χ4n) is 1.68. The Kier molecular flexibility index (Phi) is 2.83. The van der Waals surface area contributed by atoms with Crippen LogP contribution >= 0.6 is 15.9 Å². The Morgan fingerprint density at radius 1 is 1.47 bits per heavy atom. The zero-order valence-corrected chi connectivity index (χ0v) is 10.9. The number of hydrogen-bond donors (Lipinski definition) is 0. The second-order valence-corrected chi connectivity index (χ2v) is 5.13. The molecule has 0 aromatic carbocycles. The summed E-state index contributed by atoms with van der Waals surface area (Å²) >= 11 is 3.61. The Balaban J connectivity index is 2.54. The molecule has 2 heterocycles. The normalized spacial score (nSPS) is 11.5. The quantitative estimate of drug-likeness (QED) is 0.812. The van der Waals surface area contributed by atoms with E-state index in [-0.39, 0.29) is 0 Å². The van der Waals surface area contributed by atoms with Crippen molar-refractivity contribution in [2.45, 2.75) is 27.2 Å². The number of nitrogens with zero attached hydrogens (tertiary/aromatic N) is 2. The second-order valence-electron chi connectivity index (χ2n) is 4.38. The maximum absolute atomic E-state index is 4.63. The number of aromatic nitrogens is 2. The molecule has 0 aliphatic carbocycles. The van der Waals surface area contributed by atoms with Crippen molar-refractivity contribution in [3.05, 3.63) is 34.2 Å². The number of halogens is 1. The number of pyridine rings is 1. The van der Waals surface area contributed by atoms with Gasteiger partial charge in [-0.1, -0.05) is 13.8 Å². The molecule has 0 spiro atoms. The van der Waals surface area contributed by atoms with Gasteiger partial charge in [-0.25, -0.2) is 4.98 Å². The van der Waals surface area contributed by atoms with Crippen LogP contribution in [0.3, 0.4) is 0 Å². The molecule has 0 saturated heterocycles. The zero-order valence-electron chi connectivity index (χ0n) is 9.29. The van der Waals surface area contributed by atoms with Gasteiger partial charge >= 0.3 is 0 Å². The van der Waals surface area contributed by atoms with Gasteiger partial charge in [0.2, 0.25) is 0 Å². The van der Waals surface area contributed by atoms with Crippen molar-refractivity contribution in [3.63, 3.8) is 0 Å². The van der Waals surface area contributed by atoms with E-state index in [0.717, 1.165) is 22.4 Å². The summed E-state index contributed by atoms with van der Waals surface area (Å²) in [5, 5.41) is 0. The van der Waals surface area contributed by atoms with Crippen LogP contribution in [-0.4, -0.2) is 9.38 Å². The van der Waals surface area contributed by atoms with Crippen molar-refractivity contribution in [1.82, 2.24) is 9.38 Å². The molecule has 0 atom stereocenters. The topological polar surface area (TPSA) is 17.3 Å². The van der Waals surface area contributed by atoms with Gasteiger partial charge in [0.15, 0.2) is 0 Å². The molecule has 0 fully saturated rings. The summed E-state index contributed by atoms with van der Waals surface area (Å²) in [5.41, 5.74) is 3.42. The fourth-order valence-corrected chi connectivity index (χ4v) is 2.23. The first kappa shape index (κ1) is 10.7. The van der Waals surface area contributed by atoms with Gasteiger partial charge in [-0.05, 0) is 52.9 Å². The lowest BCUT2D eigenvalue weighted by Gasteiger charge is -2.00. The van der Waals surface area contributed by atoms with Crippen molar-refractivity contribution in [2.75, 3.05) is 0 Å². The van der Waals surface area contributed by atoms with E-state index in [0.29, 0.717) is 5.92 Å². The van der Waals surface area contributed by atoms with Crippen LogP contribution in [0.4, 0.5) is 0 Å². The summed E-state index contributed by atoms with van der Waals surface area (Å²) in [4.78, 5) is 4.63. The molecule has 0 N–H and O–H groups in total. The second kappa shape index (κ2) is 3.97. The van der Waals surface area contributed by atoms with Crippen LogP contribution < -0.4 is 0 Å². The lowest BCUT2D eigenvalue weighted by atomic mass is 10.1. The number of imidazole rings is 1. The number of fused-ring (bicyclic) bond motifs is 1. The summed E-state index contributed by atoms with van der Waals surface area (Å²) < 4.78 is 3.18. The molecular weight excluding hydrogens is 252 g/mol. The van der Waals surface area contributed by atoms with Crippen molar-refractivity contribution in [2.24, 2.45) is 5.92 Å². The molecule has 2 aromatic heterocycles. The monoisotopic (exact) mass is 266 g/mol. The summed E-state index contributed by atoms with van der Waals surface area (Å²) in [5.74, 6) is 0.632. The molecule has 0 unspecified atom stereocenters. The molecule has 0 aliphatic rings. The third-order valence-electron chi connectivity index (χ3n) is 2.39. The van der Waals surface area contributed by atoms with E-state index in [1.54, 1.807) is 0 Å². The van der Waals surface area contributed by atoms with Crippen LogP contribution in [0.1, 0.15) is 25.1 Å². The molecule has 0 amide bonds. The molecule has 2 rings (SSSR count). The minimum Gasteiger partial charge on any atom is -0.294 e. The van der Waals surface area contributed by atoms with Gasteiger partial charge in [0.05, 0.1) is 5.69 Å². The third-order valence-corrected chi connectivity index (χ3v) is 3.23. The maximum atomic E-state index is 4.63. The molecule has 0 saturated carbocycles. The van der Waals surface area contributed by atoms with Crippen molar-refractivity contribution < 1.29 is 0 Å². The largest absolute Gasteiger partial charge is 0.294 e. The van der Waals surface area contributed by atoms with Gasteiger partial charge in [-0.3, -0.25) is 4.40 Å². The lowest BCUT2D eigenvalue weighted by Crippen LogP contribution is -1.94. The molecule has 80 valence electrons. The first-order chi connectivity index (χ1) is 7.08. The van der Waals surface area contributed by atoms with Crippen molar-refractivity contribution in [3.8, 4) is 0 Å². The molecule has 3 heteroatoms. The Morgan fingerprint density at radius 3 is 2.87 bits per heavy atom. The van der Waals surface area contributed by atoms with Gasteiger partial charge in [0.1, 0.15) is 10.3 Å². The van der Waals surface area contributed by atoms with Crippen LogP contribution in [0, 0.1) is 12.8 Å². The highest BCUT2D eigenvalue weighted by Gasteiger charge is 2.10. The van der Waals surface area contributed by atoms with E-state index in [4.69, 9.17) is 0 Å². The number of rotatable bonds is 2. The van der Waals surface area contributed by atoms with Gasteiger partial charge in [-0.15, -0.1) is 0 Å². The van der Waals surface area contributed by atoms with E-state index >= 15 is 0 Å². The highest BCUT2D eigenvalue weighted by atomic mass is 79.9. The highest BCUT2D eigenvalue weighted by Crippen LogP contribution is 2.21. The van der Waals surface area contributed by atoms with Gasteiger partial charge in [0, 0.05) is 6.20 Å². The molecule has 2 nitrogen and oxygen atoms in total. The van der Waals surface area contributed by atoms with Crippen LogP contribution in [-0.2, 0) is 6.42 Å². The van der Waals surface area contributed by atoms with Crippen LogP contribution in [0.25, 0.3) is 5.65 Å². The van der Waals surface area contributed by atoms with Gasteiger partial charge < -0.3 is 0 Å². The van der Waals surface area contributed by atoms with Gasteiger partial charge in [0.25, 0.3) is 0 Å². The SMILES string of the molecule is Cc1ccn2c(Br)c(CC(C)C)nc2c1. The average molecular weight is 267 g/mol. The van der Waals surface area contributed by atoms with E-state index in [1.807, 2.05) is 0 Å². The predicted octanol–water partition coefficient (Wildman–Crippen LogP) is 3.60. The average Bonchev–Trinajstić information content (AvgIpc) is 2.42. The fraction of sp³-hybridized carbons (Fsp3) is 0.417. The van der Waals surface area contributed by atoms with Crippen LogP contribution in [0.5, 0.6) is 0 Å². The van der Waals surface area contributed by atoms with E-state index in [2.05, 4.69) is 64.4 Å². The highest BCUT2D eigenvalue weighted by molar-refractivity contribution is 9.10. The Morgan fingerprint density at radius 2 is 2.20 bits per heavy atom. The minimum atomic E-state index is 0.632. The predicted molar refractivity (Wildman–Crippen MR) is 66.2 cm³/mol. The van der Waals surface area contributed by atoms with Crippen molar-refractivity contribution >= 4 is 21.6 Å². The van der Waals surface area contributed by atoms with E-state index < -0.39 is 0 Å². The Bertz CT molecular complexity index is 486. The van der Waals surface area contributed by atoms with E-state index in [1.165, 1.54) is 5.56 Å². The first-order valence-electron chi connectivity index (χ1n) is 5.21. The Hall–Kier alpha value is -0.830. The van der Waals surface area contributed by atoms with Crippen LogP contribution in [0.2, 0.25) is 0 Å². The minimum absolute atomic E-state index is 0.632. The number of hydrogen-bond acceptors (Lipinski definition) is 1. The van der Waals surface area contributed by atoms with Crippen LogP contribution in [0.15, 0.2) is 22.9 Å². The summed E-state index contributed by atoms with van der Waals surface area (Å²) in [7, 11) is 0. The van der Waals surface area contributed by atoms with Gasteiger partial charge in [-0.2, -0.15) is 0 Å². The summed E-state index contributed by atoms with van der Waals surface area (Å²) in [6.07, 6.45) is 3.08. The maximum Gasteiger partial charge on any atom is 0.138 e. The lowest BCUT2D eigenvalue weighted by molar-refractivity contribution is 0.636. The number of aryl methyl sites for hydroxylation is 1. The zero-order chi connectivity index (χ0) is 11.0. The molecule has 0 aliphatic heterocycles. The molecular formula is C12H15BrN2. The molecule has 2 aromatic rings. The van der Waals surface area contributed by atoms with Crippen molar-refractivity contribution in [1.29, 1.82) is 0 Å².